The van der Waals surface area contributed by atoms with Gasteiger partial charge in [-0.1, -0.05) is 5.21 Å². The summed E-state index contributed by atoms with van der Waals surface area (Å²) in [5.41, 5.74) is -1.68. The Balaban J connectivity index is 2.05. The summed E-state index contributed by atoms with van der Waals surface area (Å²) < 4.78 is 26.1. The molecule has 0 bridgehead atoms. The quantitative estimate of drug-likeness (QED) is 0.784. The fourth-order valence-electron chi connectivity index (χ4n) is 1.58. The van der Waals surface area contributed by atoms with Gasteiger partial charge in [-0.05, 0) is 18.8 Å². The van der Waals surface area contributed by atoms with Gasteiger partial charge >= 0.3 is 5.97 Å². The molecule has 0 spiro atoms. The van der Waals surface area contributed by atoms with Crippen molar-refractivity contribution in [3.63, 3.8) is 0 Å². The molecule has 0 atom stereocenters. The van der Waals surface area contributed by atoms with Crippen LogP contribution in [-0.2, 0) is 11.3 Å². The highest BCUT2D eigenvalue weighted by Gasteiger charge is 2.27. The van der Waals surface area contributed by atoms with Crippen LogP contribution < -0.4 is 5.32 Å². The van der Waals surface area contributed by atoms with Crippen LogP contribution in [-0.4, -0.2) is 38.5 Å². The van der Waals surface area contributed by atoms with Gasteiger partial charge in [0.25, 0.3) is 6.43 Å². The van der Waals surface area contributed by atoms with Gasteiger partial charge in [0.15, 0.2) is 5.69 Å². The third-order valence-corrected chi connectivity index (χ3v) is 2.76. The highest BCUT2D eigenvalue weighted by atomic mass is 19.3. The van der Waals surface area contributed by atoms with E-state index in [0.717, 1.165) is 12.8 Å². The Labute approximate surface area is 106 Å². The number of carbonyl (C=O) groups excluding carboxylic acids is 1. The van der Waals surface area contributed by atoms with Gasteiger partial charge in [-0.25, -0.2) is 18.3 Å². The molecular weight excluding hydrogens is 262 g/mol. The van der Waals surface area contributed by atoms with Crippen LogP contribution in [0.3, 0.4) is 0 Å². The zero-order chi connectivity index (χ0) is 14.0. The normalized spacial score (nSPS) is 14.7. The fourth-order valence-corrected chi connectivity index (χ4v) is 1.58. The Morgan fingerprint density at radius 2 is 2.16 bits per heavy atom. The lowest BCUT2D eigenvalue weighted by molar-refractivity contribution is -0.122. The molecule has 1 amide bonds. The molecule has 1 aliphatic rings. The van der Waals surface area contributed by atoms with E-state index in [1.54, 1.807) is 0 Å². The van der Waals surface area contributed by atoms with Crippen molar-refractivity contribution in [1.82, 2.24) is 20.3 Å². The molecule has 2 rings (SSSR count). The number of rotatable bonds is 6. The van der Waals surface area contributed by atoms with E-state index in [4.69, 9.17) is 5.11 Å². The second-order valence-electron chi connectivity index (χ2n) is 4.33. The van der Waals surface area contributed by atoms with Gasteiger partial charge < -0.3 is 10.4 Å². The summed E-state index contributed by atoms with van der Waals surface area (Å²) in [4.78, 5) is 22.2. The molecule has 0 aromatic carbocycles. The van der Waals surface area contributed by atoms with Gasteiger partial charge in [-0.15, -0.1) is 5.10 Å². The molecule has 19 heavy (non-hydrogen) atoms. The molecule has 0 radical (unpaired) electrons. The number of nitrogens with zero attached hydrogens (tertiary/aromatic N) is 3. The summed E-state index contributed by atoms with van der Waals surface area (Å²) in [6.45, 7) is 0.0377. The Kier molecular flexibility index (Phi) is 3.72. The summed E-state index contributed by atoms with van der Waals surface area (Å²) in [7, 11) is 0. The monoisotopic (exact) mass is 274 g/mol. The van der Waals surface area contributed by atoms with Crippen molar-refractivity contribution in [3.8, 4) is 0 Å². The topological polar surface area (TPSA) is 97.1 Å². The first-order valence-electron chi connectivity index (χ1n) is 5.70. The predicted octanol–water partition coefficient (Wildman–Crippen LogP) is 0.440. The van der Waals surface area contributed by atoms with Crippen LogP contribution in [0.15, 0.2) is 0 Å². The molecule has 2 N–H and O–H groups in total. The smallest absolute Gasteiger partial charge is 0.358 e. The molecule has 104 valence electrons. The maximum absolute atomic E-state index is 12.8. The Morgan fingerprint density at radius 1 is 1.47 bits per heavy atom. The van der Waals surface area contributed by atoms with Crippen molar-refractivity contribution in [2.24, 2.45) is 5.92 Å². The van der Waals surface area contributed by atoms with Crippen LogP contribution in [0.1, 0.15) is 35.4 Å². The molecule has 1 aromatic rings. The zero-order valence-corrected chi connectivity index (χ0v) is 9.84. The van der Waals surface area contributed by atoms with Gasteiger partial charge in [-0.2, -0.15) is 0 Å². The molecule has 0 unspecified atom stereocenters. The maximum atomic E-state index is 12.8. The van der Waals surface area contributed by atoms with Crippen LogP contribution in [0.5, 0.6) is 0 Å². The number of nitrogens with one attached hydrogen (secondary N) is 1. The number of amides is 1. The van der Waals surface area contributed by atoms with Crippen LogP contribution in [0, 0.1) is 5.92 Å². The zero-order valence-electron chi connectivity index (χ0n) is 9.84. The third-order valence-electron chi connectivity index (χ3n) is 2.76. The number of carboxylic acids is 1. The van der Waals surface area contributed by atoms with E-state index in [1.807, 2.05) is 0 Å². The summed E-state index contributed by atoms with van der Waals surface area (Å²) in [5, 5.41) is 17.7. The number of halogens is 2. The van der Waals surface area contributed by atoms with Gasteiger partial charge in [-0.3, -0.25) is 4.79 Å². The van der Waals surface area contributed by atoms with E-state index in [0.29, 0.717) is 17.1 Å². The summed E-state index contributed by atoms with van der Waals surface area (Å²) in [5.74, 6) is -1.63. The first-order chi connectivity index (χ1) is 8.99. The fraction of sp³-hybridized carbons (Fsp3) is 0.600. The lowest BCUT2D eigenvalue weighted by atomic mass is 10.3. The first-order valence-corrected chi connectivity index (χ1v) is 5.70. The van der Waals surface area contributed by atoms with E-state index in [1.165, 1.54) is 0 Å². The number of hydrogen-bond donors (Lipinski definition) is 2. The Hall–Kier alpha value is -2.06. The molecule has 1 saturated carbocycles. The SMILES string of the molecule is O=C(Cn1nnc(C(=O)O)c1C(F)F)NCC1CC1. The molecular formula is C10H12F2N4O3. The van der Waals surface area contributed by atoms with Gasteiger partial charge in [0.2, 0.25) is 5.91 Å². The second kappa shape index (κ2) is 5.29. The number of carboxylic acid groups (broad SMARTS) is 1. The first kappa shape index (κ1) is 13.4. The summed E-state index contributed by atoms with van der Waals surface area (Å²) in [6, 6.07) is 0. The number of hydrogen-bond acceptors (Lipinski definition) is 4. The predicted molar refractivity (Wildman–Crippen MR) is 57.7 cm³/mol. The number of aromatic nitrogens is 3. The standard InChI is InChI=1S/C10H12F2N4O3/c11-9(12)8-7(10(18)19)14-15-16(8)4-6(17)13-3-5-1-2-5/h5,9H,1-4H2,(H,13,17)(H,18,19). The van der Waals surface area contributed by atoms with Crippen molar-refractivity contribution in [2.45, 2.75) is 25.8 Å². The minimum atomic E-state index is -3.06. The van der Waals surface area contributed by atoms with E-state index < -0.39 is 36.2 Å². The Bertz CT molecular complexity index is 499. The average molecular weight is 274 g/mol. The van der Waals surface area contributed by atoms with E-state index in [-0.39, 0.29) is 0 Å². The van der Waals surface area contributed by atoms with Crippen LogP contribution in [0.25, 0.3) is 0 Å². The number of alkyl halides is 2. The molecule has 1 aromatic heterocycles. The van der Waals surface area contributed by atoms with Crippen molar-refractivity contribution < 1.29 is 23.5 Å². The molecule has 9 heteroatoms. The summed E-state index contributed by atoms with van der Waals surface area (Å²) >= 11 is 0. The molecule has 0 saturated heterocycles. The van der Waals surface area contributed by atoms with Gasteiger partial charge in [0.05, 0.1) is 0 Å². The van der Waals surface area contributed by atoms with Crippen LogP contribution in [0.2, 0.25) is 0 Å². The molecule has 1 heterocycles. The van der Waals surface area contributed by atoms with Gasteiger partial charge in [0.1, 0.15) is 12.2 Å². The minimum Gasteiger partial charge on any atom is -0.476 e. The minimum absolute atomic E-state index is 0.462. The number of carbonyl (C=O) groups is 2. The molecule has 1 aliphatic carbocycles. The highest BCUT2D eigenvalue weighted by Crippen LogP contribution is 2.27. The molecule has 7 nitrogen and oxygen atoms in total. The average Bonchev–Trinajstić information content (AvgIpc) is 3.06. The lowest BCUT2D eigenvalue weighted by Crippen LogP contribution is -2.30. The highest BCUT2D eigenvalue weighted by molar-refractivity contribution is 5.86. The van der Waals surface area contributed by atoms with Crippen molar-refractivity contribution >= 4 is 11.9 Å². The van der Waals surface area contributed by atoms with Crippen molar-refractivity contribution in [3.05, 3.63) is 11.4 Å². The van der Waals surface area contributed by atoms with Gasteiger partial charge in [0, 0.05) is 6.54 Å². The largest absolute Gasteiger partial charge is 0.476 e. The van der Waals surface area contributed by atoms with Crippen molar-refractivity contribution in [2.75, 3.05) is 6.54 Å². The number of aromatic carboxylic acids is 1. The van der Waals surface area contributed by atoms with E-state index in [9.17, 15) is 18.4 Å². The van der Waals surface area contributed by atoms with Crippen LogP contribution >= 0.6 is 0 Å². The molecule has 0 aliphatic heterocycles. The van der Waals surface area contributed by atoms with E-state index in [2.05, 4.69) is 15.6 Å². The summed E-state index contributed by atoms with van der Waals surface area (Å²) in [6.07, 6.45) is -0.957. The molecule has 1 fully saturated rings. The van der Waals surface area contributed by atoms with Crippen molar-refractivity contribution in [1.29, 1.82) is 0 Å². The third kappa shape index (κ3) is 3.24. The maximum Gasteiger partial charge on any atom is 0.358 e. The lowest BCUT2D eigenvalue weighted by Gasteiger charge is -2.06. The second-order valence-corrected chi connectivity index (χ2v) is 4.33. The van der Waals surface area contributed by atoms with E-state index >= 15 is 0 Å². The Morgan fingerprint density at radius 3 is 2.68 bits per heavy atom. The van der Waals surface area contributed by atoms with Crippen LogP contribution in [0.4, 0.5) is 8.78 Å².